The summed E-state index contributed by atoms with van der Waals surface area (Å²) < 4.78 is 5.60. The zero-order valence-corrected chi connectivity index (χ0v) is 12.2. The first-order valence-electron chi connectivity index (χ1n) is 6.30. The van der Waals surface area contributed by atoms with E-state index in [1.54, 1.807) is 11.3 Å². The second kappa shape index (κ2) is 5.67. The molecule has 1 N–H and O–H groups in total. The molecule has 0 saturated heterocycles. The van der Waals surface area contributed by atoms with Crippen molar-refractivity contribution < 1.29 is 4.42 Å². The van der Waals surface area contributed by atoms with Gasteiger partial charge in [-0.3, -0.25) is 0 Å². The van der Waals surface area contributed by atoms with E-state index in [-0.39, 0.29) is 6.04 Å². The van der Waals surface area contributed by atoms with E-state index in [4.69, 9.17) is 4.42 Å². The summed E-state index contributed by atoms with van der Waals surface area (Å²) in [5, 5.41) is 6.76. The number of aryl methyl sites for hydroxylation is 1. The van der Waals surface area contributed by atoms with Crippen molar-refractivity contribution in [3.05, 3.63) is 39.7 Å². The van der Waals surface area contributed by atoms with E-state index in [2.05, 4.69) is 36.5 Å². The maximum atomic E-state index is 5.60. The average molecular weight is 264 g/mol. The molecule has 0 saturated carbocycles. The highest BCUT2D eigenvalue weighted by Gasteiger charge is 2.10. The highest BCUT2D eigenvalue weighted by atomic mass is 32.1. The van der Waals surface area contributed by atoms with Crippen LogP contribution in [-0.4, -0.2) is 4.98 Å². The molecule has 0 radical (unpaired) electrons. The van der Waals surface area contributed by atoms with E-state index in [1.807, 2.05) is 19.1 Å². The predicted octanol–water partition coefficient (Wildman–Crippen LogP) is 4.02. The van der Waals surface area contributed by atoms with Crippen LogP contribution < -0.4 is 5.32 Å². The van der Waals surface area contributed by atoms with Gasteiger partial charge >= 0.3 is 0 Å². The number of rotatable bonds is 5. The first-order chi connectivity index (χ1) is 8.56. The Kier molecular flexibility index (Phi) is 4.19. The smallest absolute Gasteiger partial charge is 0.120 e. The molecule has 2 aromatic rings. The molecule has 18 heavy (non-hydrogen) atoms. The standard InChI is InChI=1S/C14H20N2OS/c1-9(2)14-16-12(8-18-14)7-15-11(4)13-6-5-10(3)17-13/h5-6,8-9,11,15H,7H2,1-4H3. The van der Waals surface area contributed by atoms with E-state index < -0.39 is 0 Å². The summed E-state index contributed by atoms with van der Waals surface area (Å²) in [4.78, 5) is 4.61. The Bertz CT molecular complexity index is 501. The van der Waals surface area contributed by atoms with E-state index in [1.165, 1.54) is 5.01 Å². The molecule has 0 aliphatic rings. The summed E-state index contributed by atoms with van der Waals surface area (Å²) >= 11 is 1.73. The van der Waals surface area contributed by atoms with E-state index in [0.717, 1.165) is 23.8 Å². The van der Waals surface area contributed by atoms with Crippen molar-refractivity contribution in [3.63, 3.8) is 0 Å². The molecule has 0 fully saturated rings. The molecule has 1 unspecified atom stereocenters. The molecule has 2 heterocycles. The van der Waals surface area contributed by atoms with Crippen LogP contribution in [0.1, 0.15) is 55.0 Å². The van der Waals surface area contributed by atoms with Crippen LogP contribution >= 0.6 is 11.3 Å². The molecule has 0 spiro atoms. The third kappa shape index (κ3) is 3.21. The predicted molar refractivity (Wildman–Crippen MR) is 74.9 cm³/mol. The lowest BCUT2D eigenvalue weighted by Gasteiger charge is -2.09. The summed E-state index contributed by atoms with van der Waals surface area (Å²) in [5.41, 5.74) is 1.11. The van der Waals surface area contributed by atoms with Crippen molar-refractivity contribution in [1.29, 1.82) is 0 Å². The Labute approximate surface area is 112 Å². The monoisotopic (exact) mass is 264 g/mol. The first kappa shape index (κ1) is 13.3. The van der Waals surface area contributed by atoms with Gasteiger partial charge in [-0.2, -0.15) is 0 Å². The fourth-order valence-corrected chi connectivity index (χ4v) is 2.55. The van der Waals surface area contributed by atoms with Gasteiger partial charge < -0.3 is 9.73 Å². The summed E-state index contributed by atoms with van der Waals surface area (Å²) in [6, 6.07) is 4.23. The van der Waals surface area contributed by atoms with Crippen LogP contribution in [0, 0.1) is 6.92 Å². The number of hydrogen-bond acceptors (Lipinski definition) is 4. The molecule has 2 rings (SSSR count). The normalized spacial score (nSPS) is 13.2. The second-order valence-electron chi connectivity index (χ2n) is 4.88. The molecule has 0 aliphatic carbocycles. The summed E-state index contributed by atoms with van der Waals surface area (Å²) in [5.74, 6) is 2.44. The number of furan rings is 1. The Morgan fingerprint density at radius 3 is 2.67 bits per heavy atom. The van der Waals surface area contributed by atoms with Gasteiger partial charge in [0.1, 0.15) is 11.5 Å². The zero-order valence-electron chi connectivity index (χ0n) is 11.4. The minimum atomic E-state index is 0.211. The van der Waals surface area contributed by atoms with E-state index >= 15 is 0 Å². The van der Waals surface area contributed by atoms with Crippen LogP contribution in [0.2, 0.25) is 0 Å². The molecule has 0 amide bonds. The van der Waals surface area contributed by atoms with Crippen LogP contribution in [0.4, 0.5) is 0 Å². The Hall–Kier alpha value is -1.13. The second-order valence-corrected chi connectivity index (χ2v) is 5.77. The third-order valence-corrected chi connectivity index (χ3v) is 4.03. The van der Waals surface area contributed by atoms with Gasteiger partial charge in [-0.1, -0.05) is 13.8 Å². The summed E-state index contributed by atoms with van der Waals surface area (Å²) in [7, 11) is 0. The molecule has 0 aromatic carbocycles. The van der Waals surface area contributed by atoms with Gasteiger partial charge in [-0.25, -0.2) is 4.98 Å². The molecular formula is C14H20N2OS. The molecule has 0 bridgehead atoms. The Balaban J connectivity index is 1.90. The maximum Gasteiger partial charge on any atom is 0.120 e. The van der Waals surface area contributed by atoms with Crippen LogP contribution in [0.3, 0.4) is 0 Å². The van der Waals surface area contributed by atoms with Gasteiger partial charge in [0, 0.05) is 17.8 Å². The van der Waals surface area contributed by atoms with E-state index in [0.29, 0.717) is 5.92 Å². The molecule has 4 heteroatoms. The third-order valence-electron chi connectivity index (χ3n) is 2.84. The number of nitrogens with one attached hydrogen (secondary N) is 1. The lowest BCUT2D eigenvalue weighted by Crippen LogP contribution is -2.17. The topological polar surface area (TPSA) is 38.1 Å². The van der Waals surface area contributed by atoms with Gasteiger partial charge in [0.15, 0.2) is 0 Å². The molecule has 3 nitrogen and oxygen atoms in total. The number of nitrogens with zero attached hydrogens (tertiary/aromatic N) is 1. The molecule has 0 aliphatic heterocycles. The quantitative estimate of drug-likeness (QED) is 0.886. The summed E-state index contributed by atoms with van der Waals surface area (Å²) in [6.07, 6.45) is 0. The van der Waals surface area contributed by atoms with Gasteiger partial charge in [0.05, 0.1) is 16.7 Å². The van der Waals surface area contributed by atoms with Crippen LogP contribution in [-0.2, 0) is 6.54 Å². The average Bonchev–Trinajstić information content (AvgIpc) is 2.94. The molecule has 1 atom stereocenters. The lowest BCUT2D eigenvalue weighted by molar-refractivity contribution is 0.414. The van der Waals surface area contributed by atoms with Crippen molar-refractivity contribution >= 4 is 11.3 Å². The van der Waals surface area contributed by atoms with Crippen molar-refractivity contribution in [2.24, 2.45) is 0 Å². The Morgan fingerprint density at radius 1 is 1.33 bits per heavy atom. The zero-order chi connectivity index (χ0) is 13.1. The van der Waals surface area contributed by atoms with E-state index in [9.17, 15) is 0 Å². The largest absolute Gasteiger partial charge is 0.465 e. The van der Waals surface area contributed by atoms with Gasteiger partial charge in [-0.15, -0.1) is 11.3 Å². The van der Waals surface area contributed by atoms with Crippen LogP contribution in [0.25, 0.3) is 0 Å². The Morgan fingerprint density at radius 2 is 2.11 bits per heavy atom. The van der Waals surface area contributed by atoms with Crippen molar-refractivity contribution in [1.82, 2.24) is 10.3 Å². The van der Waals surface area contributed by atoms with Gasteiger partial charge in [-0.05, 0) is 26.0 Å². The van der Waals surface area contributed by atoms with Crippen LogP contribution in [0.15, 0.2) is 21.9 Å². The molecule has 98 valence electrons. The molecular weight excluding hydrogens is 244 g/mol. The van der Waals surface area contributed by atoms with Crippen molar-refractivity contribution in [3.8, 4) is 0 Å². The SMILES string of the molecule is Cc1ccc(C(C)NCc2csc(C(C)C)n2)o1. The van der Waals surface area contributed by atoms with Gasteiger partial charge in [0.25, 0.3) is 0 Å². The van der Waals surface area contributed by atoms with Crippen LogP contribution in [0.5, 0.6) is 0 Å². The highest BCUT2D eigenvalue weighted by molar-refractivity contribution is 7.09. The fourth-order valence-electron chi connectivity index (χ4n) is 1.71. The lowest BCUT2D eigenvalue weighted by atomic mass is 10.2. The molecule has 2 aromatic heterocycles. The highest BCUT2D eigenvalue weighted by Crippen LogP contribution is 2.20. The fraction of sp³-hybridized carbons (Fsp3) is 0.500. The van der Waals surface area contributed by atoms with Gasteiger partial charge in [0.2, 0.25) is 0 Å². The number of hydrogen-bond donors (Lipinski definition) is 1. The summed E-state index contributed by atoms with van der Waals surface area (Å²) in [6.45, 7) is 9.19. The minimum absolute atomic E-state index is 0.211. The number of thiazole rings is 1. The maximum absolute atomic E-state index is 5.60. The number of aromatic nitrogens is 1. The first-order valence-corrected chi connectivity index (χ1v) is 7.18. The minimum Gasteiger partial charge on any atom is -0.465 e. The van der Waals surface area contributed by atoms with Crippen molar-refractivity contribution in [2.45, 2.75) is 46.2 Å². The van der Waals surface area contributed by atoms with Crippen molar-refractivity contribution in [2.75, 3.05) is 0 Å².